The quantitative estimate of drug-likeness (QED) is 0.851. The Bertz CT molecular complexity index is 774. The number of nitrogens with one attached hydrogen (secondary N) is 2. The topological polar surface area (TPSA) is 58.2 Å². The van der Waals surface area contributed by atoms with Gasteiger partial charge < -0.3 is 10.6 Å². The van der Waals surface area contributed by atoms with E-state index in [-0.39, 0.29) is 24.3 Å². The minimum Gasteiger partial charge on any atom is -0.349 e. The van der Waals surface area contributed by atoms with Crippen LogP contribution in [0.5, 0.6) is 0 Å². The number of hydrogen-bond donors (Lipinski definition) is 2. The summed E-state index contributed by atoms with van der Waals surface area (Å²) >= 11 is 1.45. The first-order valence-corrected chi connectivity index (χ1v) is 9.37. The van der Waals surface area contributed by atoms with E-state index in [1.54, 1.807) is 0 Å². The zero-order chi connectivity index (χ0) is 17.8. The molecule has 4 nitrogen and oxygen atoms in total. The van der Waals surface area contributed by atoms with Gasteiger partial charge in [0.05, 0.1) is 17.0 Å². The summed E-state index contributed by atoms with van der Waals surface area (Å²) in [5.41, 5.74) is 3.10. The summed E-state index contributed by atoms with van der Waals surface area (Å²) in [5, 5.41) is 5.55. The number of benzene rings is 2. The number of carbonyl (C=O) groups excluding carboxylic acids is 2. The first-order valence-electron chi connectivity index (χ1n) is 8.49. The molecule has 0 saturated carbocycles. The number of thioether (sulfide) groups is 1. The lowest BCUT2D eigenvalue weighted by Gasteiger charge is -2.24. The fraction of sp³-hybridized carbons (Fsp3) is 0.300. The van der Waals surface area contributed by atoms with Crippen LogP contribution in [0.3, 0.4) is 0 Å². The third-order valence-corrected chi connectivity index (χ3v) is 5.58. The lowest BCUT2D eigenvalue weighted by Crippen LogP contribution is -2.36. The van der Waals surface area contributed by atoms with E-state index in [0.717, 1.165) is 22.6 Å². The van der Waals surface area contributed by atoms with Crippen molar-refractivity contribution >= 4 is 29.3 Å². The molecule has 25 heavy (non-hydrogen) atoms. The van der Waals surface area contributed by atoms with Crippen molar-refractivity contribution in [3.05, 3.63) is 59.7 Å². The zero-order valence-corrected chi connectivity index (χ0v) is 15.2. The highest BCUT2D eigenvalue weighted by Crippen LogP contribution is 2.36. The largest absolute Gasteiger partial charge is 0.349 e. The van der Waals surface area contributed by atoms with Crippen LogP contribution in [0.2, 0.25) is 0 Å². The number of amides is 2. The minimum atomic E-state index is -0.398. The van der Waals surface area contributed by atoms with Gasteiger partial charge in [0.15, 0.2) is 0 Å². The molecule has 0 unspecified atom stereocenters. The van der Waals surface area contributed by atoms with Crippen LogP contribution in [-0.4, -0.2) is 17.1 Å². The zero-order valence-electron chi connectivity index (χ0n) is 14.4. The second-order valence-electron chi connectivity index (χ2n) is 6.24. The highest BCUT2D eigenvalue weighted by Gasteiger charge is 2.29. The van der Waals surface area contributed by atoms with Gasteiger partial charge in [-0.3, -0.25) is 9.59 Å². The summed E-state index contributed by atoms with van der Waals surface area (Å²) in [6.45, 7) is 4.09. The maximum absolute atomic E-state index is 12.5. The number of carbonyl (C=O) groups is 2. The van der Waals surface area contributed by atoms with Crippen LogP contribution < -0.4 is 10.6 Å². The Morgan fingerprint density at radius 1 is 1.20 bits per heavy atom. The Morgan fingerprint density at radius 2 is 1.92 bits per heavy atom. The van der Waals surface area contributed by atoms with Crippen LogP contribution in [0.15, 0.2) is 53.4 Å². The van der Waals surface area contributed by atoms with E-state index in [1.807, 2.05) is 62.4 Å². The Morgan fingerprint density at radius 3 is 2.64 bits per heavy atom. The summed E-state index contributed by atoms with van der Waals surface area (Å²) < 4.78 is 0. The van der Waals surface area contributed by atoms with Gasteiger partial charge in [-0.15, -0.1) is 11.8 Å². The maximum Gasteiger partial charge on any atom is 0.238 e. The van der Waals surface area contributed by atoms with Crippen molar-refractivity contribution in [3.8, 4) is 0 Å². The van der Waals surface area contributed by atoms with Crippen molar-refractivity contribution in [2.45, 2.75) is 42.9 Å². The molecule has 0 aromatic heterocycles. The molecule has 0 bridgehead atoms. The number of anilines is 1. The van der Waals surface area contributed by atoms with Crippen molar-refractivity contribution < 1.29 is 9.59 Å². The average molecular weight is 354 g/mol. The summed E-state index contributed by atoms with van der Waals surface area (Å²) in [6, 6.07) is 15.8. The second kappa shape index (κ2) is 7.74. The predicted octanol–water partition coefficient (Wildman–Crippen LogP) is 4.07. The minimum absolute atomic E-state index is 0.0305. The SMILES string of the molecule is CC[C@@H](NC(=O)C[C@@H]1Sc2ccccc2NC1=O)c1ccc(C)cc1. The van der Waals surface area contributed by atoms with Gasteiger partial charge in [0.25, 0.3) is 0 Å². The third-order valence-electron chi connectivity index (χ3n) is 4.30. The van der Waals surface area contributed by atoms with E-state index in [0.29, 0.717) is 0 Å². The molecule has 0 fully saturated rings. The Balaban J connectivity index is 1.64. The van der Waals surface area contributed by atoms with Crippen molar-refractivity contribution in [2.75, 3.05) is 5.32 Å². The van der Waals surface area contributed by atoms with Crippen molar-refractivity contribution in [1.82, 2.24) is 5.32 Å². The van der Waals surface area contributed by atoms with Crippen molar-refractivity contribution in [1.29, 1.82) is 0 Å². The van der Waals surface area contributed by atoms with Crippen molar-refractivity contribution in [3.63, 3.8) is 0 Å². The third kappa shape index (κ3) is 4.23. The molecule has 2 atom stereocenters. The van der Waals surface area contributed by atoms with Gasteiger partial charge in [-0.05, 0) is 31.0 Å². The molecule has 2 N–H and O–H groups in total. The lowest BCUT2D eigenvalue weighted by atomic mass is 10.0. The van der Waals surface area contributed by atoms with E-state index < -0.39 is 5.25 Å². The molecule has 5 heteroatoms. The molecule has 0 aliphatic carbocycles. The average Bonchev–Trinajstić information content (AvgIpc) is 2.61. The highest BCUT2D eigenvalue weighted by atomic mass is 32.2. The normalized spacial score (nSPS) is 17.4. The summed E-state index contributed by atoms with van der Waals surface area (Å²) in [4.78, 5) is 25.7. The van der Waals surface area contributed by atoms with E-state index in [9.17, 15) is 9.59 Å². The maximum atomic E-state index is 12.5. The van der Waals surface area contributed by atoms with Crippen LogP contribution in [-0.2, 0) is 9.59 Å². The van der Waals surface area contributed by atoms with Gasteiger partial charge in [-0.25, -0.2) is 0 Å². The first-order chi connectivity index (χ1) is 12.1. The number of hydrogen-bond acceptors (Lipinski definition) is 3. The van der Waals surface area contributed by atoms with Crippen LogP contribution in [0.4, 0.5) is 5.69 Å². The molecular formula is C20H22N2O2S. The molecule has 0 spiro atoms. The van der Waals surface area contributed by atoms with Gasteiger partial charge in [0, 0.05) is 11.3 Å². The predicted molar refractivity (Wildman–Crippen MR) is 102 cm³/mol. The van der Waals surface area contributed by atoms with Gasteiger partial charge in [0.2, 0.25) is 11.8 Å². The molecule has 2 aromatic carbocycles. The smallest absolute Gasteiger partial charge is 0.238 e. The van der Waals surface area contributed by atoms with E-state index >= 15 is 0 Å². The number of aryl methyl sites for hydroxylation is 1. The Hall–Kier alpha value is -2.27. The lowest BCUT2D eigenvalue weighted by molar-refractivity contribution is -0.124. The molecule has 1 aliphatic rings. The molecule has 1 aliphatic heterocycles. The van der Waals surface area contributed by atoms with Gasteiger partial charge in [-0.1, -0.05) is 48.9 Å². The fourth-order valence-electron chi connectivity index (χ4n) is 2.87. The molecular weight excluding hydrogens is 332 g/mol. The van der Waals surface area contributed by atoms with E-state index in [4.69, 9.17) is 0 Å². The molecule has 130 valence electrons. The number of fused-ring (bicyclic) bond motifs is 1. The summed E-state index contributed by atoms with van der Waals surface area (Å²) in [5.74, 6) is -0.207. The van der Waals surface area contributed by atoms with Gasteiger partial charge >= 0.3 is 0 Å². The van der Waals surface area contributed by atoms with Gasteiger partial charge in [0.1, 0.15) is 0 Å². The van der Waals surface area contributed by atoms with Crippen LogP contribution in [0, 0.1) is 6.92 Å². The van der Waals surface area contributed by atoms with E-state index in [1.165, 1.54) is 17.3 Å². The fourth-order valence-corrected chi connectivity index (χ4v) is 3.98. The summed E-state index contributed by atoms with van der Waals surface area (Å²) in [6.07, 6.45) is 0.981. The van der Waals surface area contributed by atoms with E-state index in [2.05, 4.69) is 10.6 Å². The highest BCUT2D eigenvalue weighted by molar-refractivity contribution is 8.01. The van der Waals surface area contributed by atoms with Crippen molar-refractivity contribution in [2.24, 2.45) is 0 Å². The molecule has 0 saturated heterocycles. The molecule has 2 amide bonds. The number of para-hydroxylation sites is 1. The molecule has 1 heterocycles. The standard InChI is InChI=1S/C20H22N2O2S/c1-3-15(14-10-8-13(2)9-11-14)21-19(23)12-18-20(24)22-16-6-4-5-7-17(16)25-18/h4-11,15,18H,3,12H2,1-2H3,(H,21,23)(H,22,24)/t15-,18+/m1/s1. The first kappa shape index (κ1) is 17.5. The van der Waals surface area contributed by atoms with Crippen LogP contribution >= 0.6 is 11.8 Å². The number of rotatable bonds is 5. The Labute approximate surface area is 152 Å². The molecule has 0 radical (unpaired) electrons. The molecule has 3 rings (SSSR count). The second-order valence-corrected chi connectivity index (χ2v) is 7.48. The molecule has 2 aromatic rings. The summed E-state index contributed by atoms with van der Waals surface area (Å²) in [7, 11) is 0. The Kier molecular flexibility index (Phi) is 5.43. The van der Waals surface area contributed by atoms with Gasteiger partial charge in [-0.2, -0.15) is 0 Å². The monoisotopic (exact) mass is 354 g/mol. The van der Waals surface area contributed by atoms with Crippen LogP contribution in [0.1, 0.15) is 36.9 Å². The van der Waals surface area contributed by atoms with Crippen LogP contribution in [0.25, 0.3) is 0 Å².